The molecule has 0 radical (unpaired) electrons. The zero-order chi connectivity index (χ0) is 24.4. The average Bonchev–Trinajstić information content (AvgIpc) is 3.37. The van der Waals surface area contributed by atoms with Crippen molar-refractivity contribution in [2.24, 2.45) is 0 Å². The Balaban J connectivity index is 1.62. The minimum atomic E-state index is -0.0916. The highest BCUT2D eigenvalue weighted by Crippen LogP contribution is 2.25. The number of fused-ring (bicyclic) bond motifs is 1. The van der Waals surface area contributed by atoms with E-state index in [1.807, 2.05) is 59.1 Å². The molecule has 0 fully saturated rings. The van der Waals surface area contributed by atoms with E-state index in [0.29, 0.717) is 28.9 Å². The van der Waals surface area contributed by atoms with Gasteiger partial charge in [-0.1, -0.05) is 55.8 Å². The largest absolute Gasteiger partial charge is 0.508 e. The van der Waals surface area contributed by atoms with Crippen molar-refractivity contribution in [1.82, 2.24) is 14.2 Å². The molecule has 5 aromatic rings. The Morgan fingerprint density at radius 3 is 2.43 bits per heavy atom. The number of aromatic nitrogens is 3. The van der Waals surface area contributed by atoms with Crippen LogP contribution in [0.3, 0.4) is 0 Å². The third-order valence-corrected chi connectivity index (χ3v) is 6.21. The Labute approximate surface area is 203 Å². The van der Waals surface area contributed by atoms with Crippen molar-refractivity contribution < 1.29 is 5.11 Å². The van der Waals surface area contributed by atoms with Gasteiger partial charge in [0.15, 0.2) is 0 Å². The maximum absolute atomic E-state index is 13.9. The first-order valence-electron chi connectivity index (χ1n) is 11.6. The van der Waals surface area contributed by atoms with Crippen LogP contribution in [0.25, 0.3) is 22.5 Å². The SMILES string of the molecule is CCCc1c(Cc2ccc(-c3ccccc3C#N)cc2)c(=O)n(-c2ccc(O)cc2)c2ccnn12. The summed E-state index contributed by atoms with van der Waals surface area (Å²) in [7, 11) is 0. The summed E-state index contributed by atoms with van der Waals surface area (Å²) in [6.45, 7) is 2.09. The standard InChI is InChI=1S/C29H24N4O2/c1-2-5-27-26(18-20-8-10-21(11-9-20)25-7-4-3-6-22(25)19-30)29(35)32(28-16-17-31-33(27)28)23-12-14-24(34)15-13-23/h3-4,6-17,34H,2,5,18H2,1H3. The highest BCUT2D eigenvalue weighted by Gasteiger charge is 2.19. The number of rotatable bonds is 6. The van der Waals surface area contributed by atoms with E-state index in [-0.39, 0.29) is 11.3 Å². The van der Waals surface area contributed by atoms with Crippen LogP contribution in [0, 0.1) is 11.3 Å². The molecule has 0 saturated heterocycles. The van der Waals surface area contributed by atoms with Crippen molar-refractivity contribution in [2.45, 2.75) is 26.2 Å². The number of hydrogen-bond acceptors (Lipinski definition) is 4. The van der Waals surface area contributed by atoms with E-state index in [1.165, 1.54) is 0 Å². The molecule has 0 bridgehead atoms. The fourth-order valence-corrected chi connectivity index (χ4v) is 4.52. The van der Waals surface area contributed by atoms with Crippen molar-refractivity contribution in [3.05, 3.63) is 118 Å². The lowest BCUT2D eigenvalue weighted by atomic mass is 9.97. The highest BCUT2D eigenvalue weighted by molar-refractivity contribution is 5.70. The summed E-state index contributed by atoms with van der Waals surface area (Å²) < 4.78 is 3.50. The van der Waals surface area contributed by atoms with Crippen molar-refractivity contribution >= 4 is 5.65 Å². The van der Waals surface area contributed by atoms with Crippen LogP contribution >= 0.6 is 0 Å². The van der Waals surface area contributed by atoms with Gasteiger partial charge in [-0.2, -0.15) is 10.4 Å². The van der Waals surface area contributed by atoms with Crippen LogP contribution < -0.4 is 5.56 Å². The Kier molecular flexibility index (Phi) is 5.90. The van der Waals surface area contributed by atoms with Crippen molar-refractivity contribution in [1.29, 1.82) is 5.26 Å². The fraction of sp³-hybridized carbons (Fsp3) is 0.138. The predicted octanol–water partition coefficient (Wildman–Crippen LogP) is 5.27. The molecule has 0 atom stereocenters. The topological polar surface area (TPSA) is 83.3 Å². The van der Waals surface area contributed by atoms with Crippen LogP contribution in [0.4, 0.5) is 0 Å². The van der Waals surface area contributed by atoms with Gasteiger partial charge >= 0.3 is 0 Å². The molecule has 172 valence electrons. The summed E-state index contributed by atoms with van der Waals surface area (Å²) in [6, 6.07) is 26.2. The summed E-state index contributed by atoms with van der Waals surface area (Å²) in [4.78, 5) is 13.9. The van der Waals surface area contributed by atoms with E-state index in [4.69, 9.17) is 0 Å². The first-order valence-corrected chi connectivity index (χ1v) is 11.6. The van der Waals surface area contributed by atoms with Crippen LogP contribution in [-0.2, 0) is 12.8 Å². The van der Waals surface area contributed by atoms with Gasteiger partial charge < -0.3 is 5.11 Å². The normalized spacial score (nSPS) is 11.0. The fourth-order valence-electron chi connectivity index (χ4n) is 4.52. The van der Waals surface area contributed by atoms with Gasteiger partial charge in [-0.3, -0.25) is 9.36 Å². The molecular formula is C29H24N4O2. The summed E-state index contributed by atoms with van der Waals surface area (Å²) in [5.74, 6) is 0.146. The van der Waals surface area contributed by atoms with E-state index < -0.39 is 0 Å². The van der Waals surface area contributed by atoms with Gasteiger partial charge in [0.1, 0.15) is 11.4 Å². The summed E-state index contributed by atoms with van der Waals surface area (Å²) >= 11 is 0. The number of phenolic OH excluding ortho intramolecular Hbond substituents is 1. The Bertz CT molecular complexity index is 1600. The summed E-state index contributed by atoms with van der Waals surface area (Å²) in [5.41, 5.74) is 6.36. The van der Waals surface area contributed by atoms with Crippen LogP contribution in [0.2, 0.25) is 0 Å². The minimum absolute atomic E-state index is 0.0916. The molecule has 0 aliphatic rings. The highest BCUT2D eigenvalue weighted by atomic mass is 16.3. The lowest BCUT2D eigenvalue weighted by Gasteiger charge is -2.16. The Morgan fingerprint density at radius 1 is 0.971 bits per heavy atom. The Morgan fingerprint density at radius 2 is 1.71 bits per heavy atom. The monoisotopic (exact) mass is 460 g/mol. The number of benzene rings is 3. The van der Waals surface area contributed by atoms with Gasteiger partial charge in [0.25, 0.3) is 5.56 Å². The van der Waals surface area contributed by atoms with E-state index in [2.05, 4.69) is 18.1 Å². The predicted molar refractivity (Wildman–Crippen MR) is 136 cm³/mol. The van der Waals surface area contributed by atoms with E-state index in [9.17, 15) is 15.2 Å². The quantitative estimate of drug-likeness (QED) is 0.374. The maximum Gasteiger partial charge on any atom is 0.262 e. The number of nitriles is 1. The van der Waals surface area contributed by atoms with Crippen molar-refractivity contribution in [3.63, 3.8) is 0 Å². The van der Waals surface area contributed by atoms with Crippen LogP contribution in [0.15, 0.2) is 89.9 Å². The smallest absolute Gasteiger partial charge is 0.262 e. The van der Waals surface area contributed by atoms with E-state index in [1.54, 1.807) is 35.0 Å². The van der Waals surface area contributed by atoms with Gasteiger partial charge in [-0.05, 0) is 53.4 Å². The minimum Gasteiger partial charge on any atom is -0.508 e. The third kappa shape index (κ3) is 4.09. The van der Waals surface area contributed by atoms with Gasteiger partial charge in [0, 0.05) is 18.1 Å². The molecule has 3 aromatic carbocycles. The molecule has 35 heavy (non-hydrogen) atoms. The number of nitrogens with zero attached hydrogens (tertiary/aromatic N) is 4. The zero-order valence-corrected chi connectivity index (χ0v) is 19.3. The van der Waals surface area contributed by atoms with Crippen LogP contribution in [0.5, 0.6) is 5.75 Å². The van der Waals surface area contributed by atoms with Gasteiger partial charge in [-0.25, -0.2) is 4.52 Å². The third-order valence-electron chi connectivity index (χ3n) is 6.21. The number of phenols is 1. The molecule has 6 nitrogen and oxygen atoms in total. The molecule has 0 aliphatic carbocycles. The second-order valence-electron chi connectivity index (χ2n) is 8.46. The molecule has 1 N–H and O–H groups in total. The number of aryl methyl sites for hydroxylation is 1. The molecular weight excluding hydrogens is 436 g/mol. The number of aromatic hydroxyl groups is 1. The molecule has 0 amide bonds. The summed E-state index contributed by atoms with van der Waals surface area (Å²) in [5, 5.41) is 23.7. The van der Waals surface area contributed by atoms with Gasteiger partial charge in [-0.15, -0.1) is 0 Å². The lowest BCUT2D eigenvalue weighted by Crippen LogP contribution is -2.28. The lowest BCUT2D eigenvalue weighted by molar-refractivity contribution is 0.475. The number of hydrogen-bond donors (Lipinski definition) is 1. The Hall–Kier alpha value is -4.63. The second kappa shape index (κ2) is 9.32. The maximum atomic E-state index is 13.9. The molecule has 5 rings (SSSR count). The molecule has 6 heteroatoms. The van der Waals surface area contributed by atoms with Crippen molar-refractivity contribution in [2.75, 3.05) is 0 Å². The van der Waals surface area contributed by atoms with Crippen LogP contribution in [0.1, 0.15) is 35.7 Å². The molecule has 0 unspecified atom stereocenters. The second-order valence-corrected chi connectivity index (χ2v) is 8.46. The molecule has 0 spiro atoms. The first kappa shape index (κ1) is 22.2. The first-order chi connectivity index (χ1) is 17.1. The molecule has 0 aliphatic heterocycles. The summed E-state index contributed by atoms with van der Waals surface area (Å²) in [6.07, 6.45) is 3.78. The van der Waals surface area contributed by atoms with Crippen molar-refractivity contribution in [3.8, 4) is 28.6 Å². The molecule has 2 heterocycles. The van der Waals surface area contributed by atoms with Gasteiger partial charge in [0.05, 0.1) is 29.2 Å². The molecule has 2 aromatic heterocycles. The molecule has 0 saturated carbocycles. The van der Waals surface area contributed by atoms with E-state index in [0.717, 1.165) is 35.2 Å². The zero-order valence-electron chi connectivity index (χ0n) is 19.3. The van der Waals surface area contributed by atoms with Crippen LogP contribution in [-0.4, -0.2) is 19.3 Å². The van der Waals surface area contributed by atoms with E-state index >= 15 is 0 Å². The average molecular weight is 461 g/mol. The van der Waals surface area contributed by atoms with Gasteiger partial charge in [0.2, 0.25) is 0 Å².